The standard InChI is InChI=1S/C25H24BrN3O6/c1-32-19-9-7-18(8-10-19)28-23(30)15-35-24-21(26)11-16(12-22(24)34-3)14-27-29-25(31)17-5-4-6-20(13-17)33-2/h4-14H,15H2,1-3H3,(H,28,30)(H,29,31)/b27-14+. The average molecular weight is 542 g/mol. The number of halogens is 1. The third-order valence-corrected chi connectivity index (χ3v) is 5.27. The summed E-state index contributed by atoms with van der Waals surface area (Å²) in [5, 5.41) is 6.74. The van der Waals surface area contributed by atoms with Crippen molar-refractivity contribution in [3.05, 3.63) is 76.3 Å². The number of nitrogens with zero attached hydrogens (tertiary/aromatic N) is 1. The monoisotopic (exact) mass is 541 g/mol. The highest BCUT2D eigenvalue weighted by molar-refractivity contribution is 9.10. The number of nitrogens with one attached hydrogen (secondary N) is 2. The molecule has 182 valence electrons. The fourth-order valence-corrected chi connectivity index (χ4v) is 3.53. The van der Waals surface area contributed by atoms with Crippen LogP contribution in [0.2, 0.25) is 0 Å². The minimum absolute atomic E-state index is 0.231. The number of carbonyl (C=O) groups is 2. The Labute approximate surface area is 211 Å². The normalized spacial score (nSPS) is 10.5. The third-order valence-electron chi connectivity index (χ3n) is 4.68. The van der Waals surface area contributed by atoms with Crippen LogP contribution >= 0.6 is 15.9 Å². The quantitative estimate of drug-likeness (QED) is 0.293. The van der Waals surface area contributed by atoms with Gasteiger partial charge in [0, 0.05) is 11.3 Å². The van der Waals surface area contributed by atoms with Gasteiger partial charge in [0.2, 0.25) is 0 Å². The Morgan fingerprint density at radius 3 is 2.37 bits per heavy atom. The Hall–Kier alpha value is -4.05. The number of hydrazone groups is 1. The first kappa shape index (κ1) is 25.6. The molecule has 10 heteroatoms. The molecule has 0 atom stereocenters. The zero-order valence-corrected chi connectivity index (χ0v) is 20.9. The number of hydrogen-bond donors (Lipinski definition) is 2. The zero-order valence-electron chi connectivity index (χ0n) is 19.3. The summed E-state index contributed by atoms with van der Waals surface area (Å²) in [4.78, 5) is 24.6. The van der Waals surface area contributed by atoms with Crippen LogP contribution in [-0.2, 0) is 4.79 Å². The van der Waals surface area contributed by atoms with Crippen molar-refractivity contribution in [1.29, 1.82) is 0 Å². The van der Waals surface area contributed by atoms with Crippen LogP contribution in [0.15, 0.2) is 70.2 Å². The van der Waals surface area contributed by atoms with Crippen LogP contribution in [-0.4, -0.2) is 46.0 Å². The molecule has 2 amide bonds. The second kappa shape index (κ2) is 12.4. The molecule has 0 saturated heterocycles. The van der Waals surface area contributed by atoms with E-state index in [4.69, 9.17) is 18.9 Å². The van der Waals surface area contributed by atoms with Gasteiger partial charge in [-0.3, -0.25) is 9.59 Å². The summed E-state index contributed by atoms with van der Waals surface area (Å²) in [5.41, 5.74) is 4.13. The summed E-state index contributed by atoms with van der Waals surface area (Å²) in [6.07, 6.45) is 1.46. The lowest BCUT2D eigenvalue weighted by Crippen LogP contribution is -2.20. The van der Waals surface area contributed by atoms with Crippen LogP contribution in [0.3, 0.4) is 0 Å². The zero-order chi connectivity index (χ0) is 25.2. The van der Waals surface area contributed by atoms with Gasteiger partial charge < -0.3 is 24.3 Å². The van der Waals surface area contributed by atoms with Gasteiger partial charge in [-0.2, -0.15) is 5.10 Å². The lowest BCUT2D eigenvalue weighted by atomic mass is 10.2. The lowest BCUT2D eigenvalue weighted by molar-refractivity contribution is -0.118. The number of amides is 2. The summed E-state index contributed by atoms with van der Waals surface area (Å²) in [5.74, 6) is 1.29. The molecular formula is C25H24BrN3O6. The molecule has 0 radical (unpaired) electrons. The van der Waals surface area contributed by atoms with Crippen molar-refractivity contribution in [2.24, 2.45) is 5.10 Å². The molecule has 9 nitrogen and oxygen atoms in total. The van der Waals surface area contributed by atoms with E-state index in [1.165, 1.54) is 20.4 Å². The van der Waals surface area contributed by atoms with Gasteiger partial charge in [-0.05, 0) is 76.1 Å². The maximum atomic E-state index is 12.3. The molecule has 0 aromatic heterocycles. The third kappa shape index (κ3) is 7.21. The lowest BCUT2D eigenvalue weighted by Gasteiger charge is -2.13. The minimum atomic E-state index is -0.381. The molecule has 35 heavy (non-hydrogen) atoms. The Morgan fingerprint density at radius 1 is 0.943 bits per heavy atom. The van der Waals surface area contributed by atoms with Gasteiger partial charge in [0.25, 0.3) is 11.8 Å². The number of hydrogen-bond acceptors (Lipinski definition) is 7. The SMILES string of the molecule is COc1ccc(NC(=O)COc2c(Br)cc(/C=N/NC(=O)c3cccc(OC)c3)cc2OC)cc1. The molecule has 0 unspecified atom stereocenters. The Balaban J connectivity index is 1.61. The van der Waals surface area contributed by atoms with E-state index >= 15 is 0 Å². The first-order chi connectivity index (χ1) is 16.9. The van der Waals surface area contributed by atoms with Crippen molar-refractivity contribution in [3.8, 4) is 23.0 Å². The minimum Gasteiger partial charge on any atom is -0.497 e. The van der Waals surface area contributed by atoms with E-state index in [1.54, 1.807) is 67.8 Å². The maximum absolute atomic E-state index is 12.3. The molecule has 0 saturated carbocycles. The van der Waals surface area contributed by atoms with Gasteiger partial charge in [0.15, 0.2) is 18.1 Å². The molecule has 3 aromatic rings. The van der Waals surface area contributed by atoms with Crippen molar-refractivity contribution in [1.82, 2.24) is 5.43 Å². The van der Waals surface area contributed by atoms with Gasteiger partial charge in [-0.15, -0.1) is 0 Å². The first-order valence-corrected chi connectivity index (χ1v) is 11.1. The summed E-state index contributed by atoms with van der Waals surface area (Å²) in [7, 11) is 4.58. The molecule has 0 aliphatic carbocycles. The van der Waals surface area contributed by atoms with E-state index in [0.717, 1.165) is 0 Å². The van der Waals surface area contributed by atoms with Crippen molar-refractivity contribution in [2.45, 2.75) is 0 Å². The van der Waals surface area contributed by atoms with E-state index in [9.17, 15) is 9.59 Å². The predicted octanol–water partition coefficient (Wildman–Crippen LogP) is 4.26. The molecule has 2 N–H and O–H groups in total. The number of ether oxygens (including phenoxy) is 4. The topological polar surface area (TPSA) is 107 Å². The Bertz CT molecular complexity index is 1210. The smallest absolute Gasteiger partial charge is 0.271 e. The molecule has 0 spiro atoms. The molecule has 3 aromatic carbocycles. The summed E-state index contributed by atoms with van der Waals surface area (Å²) < 4.78 is 21.9. The predicted molar refractivity (Wildman–Crippen MR) is 136 cm³/mol. The highest BCUT2D eigenvalue weighted by Crippen LogP contribution is 2.36. The van der Waals surface area contributed by atoms with Crippen LogP contribution < -0.4 is 29.7 Å². The molecular weight excluding hydrogens is 518 g/mol. The maximum Gasteiger partial charge on any atom is 0.271 e. The van der Waals surface area contributed by atoms with Gasteiger partial charge >= 0.3 is 0 Å². The van der Waals surface area contributed by atoms with Crippen LogP contribution in [0.5, 0.6) is 23.0 Å². The Kier molecular flexibility index (Phi) is 9.08. The highest BCUT2D eigenvalue weighted by Gasteiger charge is 2.14. The number of carbonyl (C=O) groups excluding carboxylic acids is 2. The van der Waals surface area contributed by atoms with E-state index in [2.05, 4.69) is 31.8 Å². The summed E-state index contributed by atoms with van der Waals surface area (Å²) in [6, 6.07) is 17.1. The first-order valence-electron chi connectivity index (χ1n) is 10.3. The number of anilines is 1. The van der Waals surface area contributed by atoms with E-state index in [0.29, 0.717) is 44.3 Å². The van der Waals surface area contributed by atoms with E-state index in [-0.39, 0.29) is 18.4 Å². The Morgan fingerprint density at radius 2 is 1.69 bits per heavy atom. The fourth-order valence-electron chi connectivity index (χ4n) is 2.96. The number of benzene rings is 3. The summed E-state index contributed by atoms with van der Waals surface area (Å²) >= 11 is 3.43. The molecule has 0 aliphatic rings. The second-order valence-corrected chi connectivity index (χ2v) is 7.88. The van der Waals surface area contributed by atoms with Crippen LogP contribution in [0.1, 0.15) is 15.9 Å². The van der Waals surface area contributed by atoms with Crippen LogP contribution in [0.25, 0.3) is 0 Å². The van der Waals surface area contributed by atoms with Crippen molar-refractivity contribution < 1.29 is 28.5 Å². The van der Waals surface area contributed by atoms with Gasteiger partial charge in [-0.1, -0.05) is 6.07 Å². The fraction of sp³-hybridized carbons (Fsp3) is 0.160. The molecule has 0 fully saturated rings. The van der Waals surface area contributed by atoms with Gasteiger partial charge in [0.05, 0.1) is 32.0 Å². The summed E-state index contributed by atoms with van der Waals surface area (Å²) in [6.45, 7) is -0.231. The van der Waals surface area contributed by atoms with Crippen LogP contribution in [0, 0.1) is 0 Å². The molecule has 3 rings (SSSR count). The molecule has 0 heterocycles. The van der Waals surface area contributed by atoms with Crippen LogP contribution in [0.4, 0.5) is 5.69 Å². The van der Waals surface area contributed by atoms with Gasteiger partial charge in [0.1, 0.15) is 11.5 Å². The van der Waals surface area contributed by atoms with Crippen molar-refractivity contribution in [3.63, 3.8) is 0 Å². The number of methoxy groups -OCH3 is 3. The van der Waals surface area contributed by atoms with Crippen molar-refractivity contribution >= 4 is 39.6 Å². The number of rotatable bonds is 10. The van der Waals surface area contributed by atoms with Gasteiger partial charge in [-0.25, -0.2) is 5.43 Å². The highest BCUT2D eigenvalue weighted by atomic mass is 79.9. The van der Waals surface area contributed by atoms with E-state index in [1.807, 2.05) is 0 Å². The molecule has 0 bridgehead atoms. The van der Waals surface area contributed by atoms with E-state index < -0.39 is 0 Å². The largest absolute Gasteiger partial charge is 0.497 e. The van der Waals surface area contributed by atoms with Crippen molar-refractivity contribution in [2.75, 3.05) is 33.3 Å². The second-order valence-electron chi connectivity index (χ2n) is 7.03. The molecule has 0 aliphatic heterocycles. The average Bonchev–Trinajstić information content (AvgIpc) is 2.88.